The van der Waals surface area contributed by atoms with Crippen LogP contribution in [0, 0.1) is 6.92 Å². The van der Waals surface area contributed by atoms with Crippen molar-refractivity contribution < 1.29 is 19.1 Å². The van der Waals surface area contributed by atoms with Gasteiger partial charge in [-0.2, -0.15) is 0 Å². The molecule has 0 saturated heterocycles. The number of thiazole rings is 1. The van der Waals surface area contributed by atoms with E-state index in [9.17, 15) is 14.4 Å². The molecule has 160 valence electrons. The molecule has 1 aliphatic rings. The Morgan fingerprint density at radius 2 is 2.13 bits per heavy atom. The number of hydrogen-bond acceptors (Lipinski definition) is 6. The first kappa shape index (κ1) is 22.0. The molecule has 2 aromatic rings. The summed E-state index contributed by atoms with van der Waals surface area (Å²) in [6.45, 7) is 2.93. The minimum Gasteiger partial charge on any atom is -0.491 e. The fourth-order valence-corrected chi connectivity index (χ4v) is 3.79. The Morgan fingerprint density at radius 1 is 1.30 bits per heavy atom. The van der Waals surface area contributed by atoms with Crippen molar-refractivity contribution in [3.8, 4) is 5.75 Å². The molecule has 2 N–H and O–H groups in total. The third-order valence-electron chi connectivity index (χ3n) is 4.44. The molecule has 0 aliphatic carbocycles. The number of amides is 3. The van der Waals surface area contributed by atoms with E-state index >= 15 is 0 Å². The number of rotatable bonds is 2. The van der Waals surface area contributed by atoms with E-state index in [2.05, 4.69) is 15.6 Å². The third-order valence-corrected chi connectivity index (χ3v) is 5.50. The maximum Gasteiger partial charge on any atom is 0.255 e. The Labute approximate surface area is 183 Å². The molecule has 1 aromatic heterocycles. The van der Waals surface area contributed by atoms with E-state index in [1.807, 2.05) is 12.3 Å². The van der Waals surface area contributed by atoms with E-state index in [1.54, 1.807) is 18.2 Å². The number of nitrogens with one attached hydrogen (secondary N) is 2. The molecular weight excluding hydrogens is 428 g/mol. The van der Waals surface area contributed by atoms with Crippen molar-refractivity contribution in [3.63, 3.8) is 0 Å². The van der Waals surface area contributed by atoms with Gasteiger partial charge in [0.2, 0.25) is 11.8 Å². The summed E-state index contributed by atoms with van der Waals surface area (Å²) in [4.78, 5) is 43.4. The van der Waals surface area contributed by atoms with Gasteiger partial charge in [0, 0.05) is 23.5 Å². The average Bonchev–Trinajstić information content (AvgIpc) is 3.12. The van der Waals surface area contributed by atoms with E-state index in [4.69, 9.17) is 16.3 Å². The fourth-order valence-electron chi connectivity index (χ4n) is 3.00. The number of fused-ring (bicyclic) bond motifs is 1. The summed E-state index contributed by atoms with van der Waals surface area (Å²) >= 11 is 7.50. The van der Waals surface area contributed by atoms with Gasteiger partial charge < -0.3 is 20.3 Å². The highest BCUT2D eigenvalue weighted by molar-refractivity contribution is 7.09. The zero-order valence-electron chi connectivity index (χ0n) is 16.6. The number of benzene rings is 1. The van der Waals surface area contributed by atoms with Crippen LogP contribution in [0.15, 0.2) is 23.6 Å². The van der Waals surface area contributed by atoms with E-state index in [1.165, 1.54) is 16.2 Å². The first-order valence-corrected chi connectivity index (χ1v) is 10.8. The van der Waals surface area contributed by atoms with Crippen molar-refractivity contribution in [2.24, 2.45) is 0 Å². The summed E-state index contributed by atoms with van der Waals surface area (Å²) in [5.74, 6) is -0.343. The average molecular weight is 451 g/mol. The Hall–Kier alpha value is -2.65. The van der Waals surface area contributed by atoms with Crippen molar-refractivity contribution in [1.29, 1.82) is 0 Å². The van der Waals surface area contributed by atoms with Crippen LogP contribution >= 0.6 is 22.9 Å². The number of ether oxygens (including phenoxy) is 1. The second-order valence-electron chi connectivity index (χ2n) is 6.80. The van der Waals surface area contributed by atoms with Crippen LogP contribution in [0.4, 0.5) is 0 Å². The summed E-state index contributed by atoms with van der Waals surface area (Å²) in [6, 6.07) is 4.82. The molecule has 10 heteroatoms. The third kappa shape index (κ3) is 6.17. The number of halogens is 1. The van der Waals surface area contributed by atoms with Crippen molar-refractivity contribution in [1.82, 2.24) is 20.5 Å². The molecule has 0 fully saturated rings. The molecule has 0 saturated carbocycles. The minimum atomic E-state index is -0.301. The van der Waals surface area contributed by atoms with Gasteiger partial charge >= 0.3 is 0 Å². The summed E-state index contributed by atoms with van der Waals surface area (Å²) < 4.78 is 5.64. The second kappa shape index (κ2) is 10.4. The predicted molar refractivity (Wildman–Crippen MR) is 114 cm³/mol. The van der Waals surface area contributed by atoms with Crippen LogP contribution in [0.5, 0.6) is 5.75 Å². The first-order valence-electron chi connectivity index (χ1n) is 9.58. The zero-order chi connectivity index (χ0) is 21.5. The van der Waals surface area contributed by atoms with Gasteiger partial charge in [0.25, 0.3) is 5.91 Å². The van der Waals surface area contributed by atoms with Gasteiger partial charge in [0.1, 0.15) is 12.4 Å². The van der Waals surface area contributed by atoms with E-state index < -0.39 is 0 Å². The lowest BCUT2D eigenvalue weighted by atomic mass is 10.2. The zero-order valence-corrected chi connectivity index (χ0v) is 18.1. The highest BCUT2D eigenvalue weighted by Gasteiger charge is 2.20. The largest absolute Gasteiger partial charge is 0.491 e. The summed E-state index contributed by atoms with van der Waals surface area (Å²) in [5.41, 5.74) is 1.02. The molecule has 0 bridgehead atoms. The Morgan fingerprint density at radius 3 is 2.90 bits per heavy atom. The van der Waals surface area contributed by atoms with Crippen molar-refractivity contribution >= 4 is 40.7 Å². The number of carbonyl (C=O) groups excluding carboxylic acids is 3. The van der Waals surface area contributed by atoms with Crippen LogP contribution < -0.4 is 15.4 Å². The molecule has 3 amide bonds. The molecule has 3 rings (SSSR count). The monoisotopic (exact) mass is 450 g/mol. The first-order chi connectivity index (χ1) is 14.4. The van der Waals surface area contributed by atoms with Gasteiger partial charge in [-0.05, 0) is 31.5 Å². The number of hydrogen-bond donors (Lipinski definition) is 2. The SMILES string of the molecule is Cc1nc(CC(=O)N2CCCNC(=O)c3cc(Cl)ccc3OCCNC(=O)C2)cs1. The van der Waals surface area contributed by atoms with Crippen LogP contribution in [0.1, 0.15) is 27.5 Å². The topological polar surface area (TPSA) is 101 Å². The number of nitrogens with zero attached hydrogens (tertiary/aromatic N) is 2. The van der Waals surface area contributed by atoms with Crippen LogP contribution in [0.2, 0.25) is 5.02 Å². The quantitative estimate of drug-likeness (QED) is 0.726. The lowest BCUT2D eigenvalue weighted by molar-refractivity contribution is -0.135. The maximum atomic E-state index is 12.7. The van der Waals surface area contributed by atoms with Crippen molar-refractivity contribution in [2.75, 3.05) is 32.8 Å². The summed E-state index contributed by atoms with van der Waals surface area (Å²) in [6.07, 6.45) is 0.635. The van der Waals surface area contributed by atoms with Crippen LogP contribution in [0.25, 0.3) is 0 Å². The normalized spacial score (nSPS) is 16.0. The molecule has 30 heavy (non-hydrogen) atoms. The van der Waals surface area contributed by atoms with Gasteiger partial charge in [-0.25, -0.2) is 4.98 Å². The molecule has 8 nitrogen and oxygen atoms in total. The van der Waals surface area contributed by atoms with E-state index in [-0.39, 0.29) is 43.8 Å². The number of aromatic nitrogens is 1. The lowest BCUT2D eigenvalue weighted by Crippen LogP contribution is -2.43. The van der Waals surface area contributed by atoms with Crippen LogP contribution in [-0.2, 0) is 16.0 Å². The second-order valence-corrected chi connectivity index (χ2v) is 8.30. The summed E-state index contributed by atoms with van der Waals surface area (Å²) in [5, 5.41) is 8.72. The Balaban J connectivity index is 1.68. The van der Waals surface area contributed by atoms with E-state index in [0.29, 0.717) is 41.5 Å². The van der Waals surface area contributed by atoms with Gasteiger partial charge in [0.15, 0.2) is 0 Å². The lowest BCUT2D eigenvalue weighted by Gasteiger charge is -2.23. The highest BCUT2D eigenvalue weighted by atomic mass is 35.5. The molecule has 0 atom stereocenters. The van der Waals surface area contributed by atoms with Gasteiger partial charge in [0.05, 0.1) is 35.8 Å². The highest BCUT2D eigenvalue weighted by Crippen LogP contribution is 2.23. The Kier molecular flexibility index (Phi) is 7.64. The molecule has 0 radical (unpaired) electrons. The molecule has 0 spiro atoms. The fraction of sp³-hybridized carbons (Fsp3) is 0.400. The molecule has 2 heterocycles. The molecule has 1 aliphatic heterocycles. The van der Waals surface area contributed by atoms with Gasteiger partial charge in [-0.1, -0.05) is 11.6 Å². The maximum absolute atomic E-state index is 12.7. The minimum absolute atomic E-state index is 0.0535. The standard InChI is InChI=1S/C20H23ClN4O4S/c1-13-24-15(12-30-13)10-19(27)25-7-2-5-23-20(28)16-9-14(21)3-4-17(16)29-8-6-22-18(26)11-25/h3-4,9,12H,2,5-8,10-11H2,1H3,(H,22,26)(H,23,28). The predicted octanol–water partition coefficient (Wildman–Crippen LogP) is 1.80. The number of carbonyl (C=O) groups is 3. The molecular formula is C20H23ClN4O4S. The van der Waals surface area contributed by atoms with Crippen LogP contribution in [0.3, 0.4) is 0 Å². The Bertz CT molecular complexity index is 933. The number of aryl methyl sites for hydroxylation is 1. The van der Waals surface area contributed by atoms with Crippen LogP contribution in [-0.4, -0.2) is 60.4 Å². The van der Waals surface area contributed by atoms with Gasteiger partial charge in [-0.3, -0.25) is 14.4 Å². The van der Waals surface area contributed by atoms with Crippen molar-refractivity contribution in [3.05, 3.63) is 44.9 Å². The van der Waals surface area contributed by atoms with Crippen molar-refractivity contribution in [2.45, 2.75) is 19.8 Å². The van der Waals surface area contributed by atoms with Gasteiger partial charge in [-0.15, -0.1) is 11.3 Å². The van der Waals surface area contributed by atoms with E-state index in [0.717, 1.165) is 5.01 Å². The summed E-state index contributed by atoms with van der Waals surface area (Å²) in [7, 11) is 0. The molecule has 0 unspecified atom stereocenters. The molecule has 1 aromatic carbocycles. The smallest absolute Gasteiger partial charge is 0.255 e.